The molecule has 0 heterocycles. The molecule has 0 radical (unpaired) electrons. The molecule has 0 aromatic heterocycles. The van der Waals surface area contributed by atoms with Gasteiger partial charge in [0.05, 0.1) is 19.9 Å². The van der Waals surface area contributed by atoms with Crippen LogP contribution >= 0.6 is 24.0 Å². The molecule has 0 saturated carbocycles. The Kier molecular flexibility index (Phi) is 8.73. The molecule has 0 aliphatic rings. The maximum Gasteiger partial charge on any atom is 0.242 e. The van der Waals surface area contributed by atoms with Gasteiger partial charge in [-0.05, 0) is 32.9 Å². The van der Waals surface area contributed by atoms with Crippen molar-refractivity contribution >= 4 is 41.5 Å². The smallest absolute Gasteiger partial charge is 0.242 e. The van der Waals surface area contributed by atoms with Gasteiger partial charge in [0.15, 0.2) is 5.96 Å². The molecule has 1 aromatic carbocycles. The summed E-state index contributed by atoms with van der Waals surface area (Å²) in [6.45, 7) is 5.65. The Labute approximate surface area is 154 Å². The van der Waals surface area contributed by atoms with Gasteiger partial charge in [0, 0.05) is 11.6 Å². The predicted octanol–water partition coefficient (Wildman–Crippen LogP) is 1.96. The topological polar surface area (TPSA) is 98.0 Å². The molecule has 130 valence electrons. The molecule has 1 aromatic rings. The van der Waals surface area contributed by atoms with Gasteiger partial charge < -0.3 is 25.8 Å². The fourth-order valence-electron chi connectivity index (χ4n) is 1.70. The lowest BCUT2D eigenvalue weighted by atomic mass is 10.1. The highest BCUT2D eigenvalue weighted by Gasteiger charge is 2.13. The number of rotatable bonds is 5. The zero-order chi connectivity index (χ0) is 16.8. The molecule has 0 aliphatic carbocycles. The Morgan fingerprint density at radius 3 is 2.43 bits per heavy atom. The van der Waals surface area contributed by atoms with Crippen LogP contribution in [-0.4, -0.2) is 38.2 Å². The number of nitrogens with one attached hydrogen (secondary N) is 2. The number of nitrogens with two attached hydrogens (primary N) is 1. The number of carbonyl (C=O) groups excluding carboxylic acids is 1. The summed E-state index contributed by atoms with van der Waals surface area (Å²) in [5.41, 5.74) is 6.11. The molecule has 0 saturated heterocycles. The number of ether oxygens (including phenoxy) is 2. The number of methoxy groups -OCH3 is 2. The highest BCUT2D eigenvalue weighted by Crippen LogP contribution is 2.28. The quantitative estimate of drug-likeness (QED) is 0.373. The largest absolute Gasteiger partial charge is 0.497 e. The van der Waals surface area contributed by atoms with Gasteiger partial charge in [-0.25, -0.2) is 4.99 Å². The Morgan fingerprint density at radius 2 is 1.91 bits per heavy atom. The highest BCUT2D eigenvalue weighted by molar-refractivity contribution is 14.0. The SMILES string of the molecule is COc1ccc(OC)c(NC(N)=NCC(=O)NC(C)(C)C)c1.I. The molecular weight excluding hydrogens is 411 g/mol. The van der Waals surface area contributed by atoms with Crippen molar-refractivity contribution in [3.05, 3.63) is 18.2 Å². The molecule has 4 N–H and O–H groups in total. The predicted molar refractivity (Wildman–Crippen MR) is 103 cm³/mol. The van der Waals surface area contributed by atoms with E-state index in [0.29, 0.717) is 17.2 Å². The van der Waals surface area contributed by atoms with Gasteiger partial charge in [-0.2, -0.15) is 0 Å². The number of halogens is 1. The summed E-state index contributed by atoms with van der Waals surface area (Å²) < 4.78 is 10.4. The number of guanidine groups is 1. The van der Waals surface area contributed by atoms with Crippen molar-refractivity contribution in [2.45, 2.75) is 26.3 Å². The minimum atomic E-state index is -0.301. The lowest BCUT2D eigenvalue weighted by Crippen LogP contribution is -2.42. The highest BCUT2D eigenvalue weighted by atomic mass is 127. The van der Waals surface area contributed by atoms with E-state index in [1.54, 1.807) is 32.4 Å². The second kappa shape index (κ2) is 9.43. The van der Waals surface area contributed by atoms with E-state index in [2.05, 4.69) is 15.6 Å². The van der Waals surface area contributed by atoms with E-state index in [0.717, 1.165) is 0 Å². The molecule has 0 unspecified atom stereocenters. The summed E-state index contributed by atoms with van der Waals surface area (Å²) in [7, 11) is 3.12. The molecule has 8 heteroatoms. The Hall–Kier alpha value is -1.71. The fraction of sp³-hybridized carbons (Fsp3) is 0.467. The van der Waals surface area contributed by atoms with Gasteiger partial charge >= 0.3 is 0 Å². The Bertz CT molecular complexity index is 556. The third-order valence-corrected chi connectivity index (χ3v) is 2.58. The van der Waals surface area contributed by atoms with E-state index in [9.17, 15) is 4.79 Å². The van der Waals surface area contributed by atoms with Crippen LogP contribution in [0.25, 0.3) is 0 Å². The zero-order valence-electron chi connectivity index (χ0n) is 14.1. The van der Waals surface area contributed by atoms with Crippen LogP contribution in [-0.2, 0) is 4.79 Å². The molecule has 0 fully saturated rings. The van der Waals surface area contributed by atoms with E-state index >= 15 is 0 Å². The molecule has 1 rings (SSSR count). The van der Waals surface area contributed by atoms with Crippen LogP contribution in [0, 0.1) is 0 Å². The van der Waals surface area contributed by atoms with Gasteiger partial charge in [0.25, 0.3) is 0 Å². The minimum absolute atomic E-state index is 0. The van der Waals surface area contributed by atoms with E-state index in [4.69, 9.17) is 15.2 Å². The summed E-state index contributed by atoms with van der Waals surface area (Å²) in [6, 6.07) is 5.26. The maximum absolute atomic E-state index is 11.7. The molecule has 0 aliphatic heterocycles. The van der Waals surface area contributed by atoms with E-state index in [-0.39, 0.29) is 47.9 Å². The van der Waals surface area contributed by atoms with Crippen molar-refractivity contribution in [3.8, 4) is 11.5 Å². The van der Waals surface area contributed by atoms with Gasteiger partial charge in [0.2, 0.25) is 5.91 Å². The number of nitrogens with zero attached hydrogens (tertiary/aromatic N) is 1. The third-order valence-electron chi connectivity index (χ3n) is 2.58. The number of anilines is 1. The lowest BCUT2D eigenvalue weighted by molar-refractivity contribution is -0.121. The molecule has 0 atom stereocenters. The standard InChI is InChI=1S/C15H24N4O3.HI/c1-15(2,3)19-13(20)9-17-14(16)18-11-8-10(21-4)6-7-12(11)22-5;/h6-8H,9H2,1-5H3,(H,19,20)(H3,16,17,18);1H. The van der Waals surface area contributed by atoms with Gasteiger partial charge in [0.1, 0.15) is 18.0 Å². The average Bonchev–Trinajstić information content (AvgIpc) is 2.43. The van der Waals surface area contributed by atoms with Crippen LogP contribution in [0.3, 0.4) is 0 Å². The first-order chi connectivity index (χ1) is 10.2. The van der Waals surface area contributed by atoms with Gasteiger partial charge in [-0.3, -0.25) is 4.79 Å². The summed E-state index contributed by atoms with van der Waals surface area (Å²) in [5.74, 6) is 1.17. The first kappa shape index (κ1) is 21.3. The number of amides is 1. The van der Waals surface area contributed by atoms with E-state index in [1.807, 2.05) is 20.8 Å². The van der Waals surface area contributed by atoms with Gasteiger partial charge in [-0.15, -0.1) is 24.0 Å². The zero-order valence-corrected chi connectivity index (χ0v) is 16.4. The molecule has 0 bridgehead atoms. The summed E-state index contributed by atoms with van der Waals surface area (Å²) in [6.07, 6.45) is 0. The van der Waals surface area contributed by atoms with Crippen LogP contribution in [0.4, 0.5) is 5.69 Å². The van der Waals surface area contributed by atoms with Crippen LogP contribution in [0.15, 0.2) is 23.2 Å². The van der Waals surface area contributed by atoms with E-state index in [1.165, 1.54) is 0 Å². The summed E-state index contributed by atoms with van der Waals surface area (Å²) in [5, 5.41) is 5.70. The Balaban J connectivity index is 0.00000484. The van der Waals surface area contributed by atoms with Crippen molar-refractivity contribution < 1.29 is 14.3 Å². The van der Waals surface area contributed by atoms with Crippen LogP contribution in [0.5, 0.6) is 11.5 Å². The normalized spacial score (nSPS) is 11.3. The first-order valence-corrected chi connectivity index (χ1v) is 6.85. The molecular formula is C15H25IN4O3. The Morgan fingerprint density at radius 1 is 1.26 bits per heavy atom. The van der Waals surface area contributed by atoms with Crippen LogP contribution in [0.1, 0.15) is 20.8 Å². The number of hydrogen-bond donors (Lipinski definition) is 3. The number of aliphatic imine (C=N–C) groups is 1. The van der Waals surface area contributed by atoms with E-state index < -0.39 is 0 Å². The second-order valence-electron chi connectivity index (χ2n) is 5.69. The number of benzene rings is 1. The molecule has 1 amide bonds. The average molecular weight is 436 g/mol. The number of hydrogen-bond acceptors (Lipinski definition) is 4. The molecule has 23 heavy (non-hydrogen) atoms. The van der Waals surface area contributed by atoms with Crippen molar-refractivity contribution in [2.24, 2.45) is 10.7 Å². The monoisotopic (exact) mass is 436 g/mol. The van der Waals surface area contributed by atoms with Crippen molar-refractivity contribution in [1.82, 2.24) is 5.32 Å². The lowest BCUT2D eigenvalue weighted by Gasteiger charge is -2.19. The maximum atomic E-state index is 11.7. The third kappa shape index (κ3) is 7.91. The first-order valence-electron chi connectivity index (χ1n) is 6.85. The number of carbonyl (C=O) groups is 1. The molecule has 7 nitrogen and oxygen atoms in total. The van der Waals surface area contributed by atoms with Crippen molar-refractivity contribution in [1.29, 1.82) is 0 Å². The molecule has 0 spiro atoms. The summed E-state index contributed by atoms with van der Waals surface area (Å²) in [4.78, 5) is 15.7. The minimum Gasteiger partial charge on any atom is -0.497 e. The summed E-state index contributed by atoms with van der Waals surface area (Å²) >= 11 is 0. The van der Waals surface area contributed by atoms with Crippen LogP contribution < -0.4 is 25.8 Å². The van der Waals surface area contributed by atoms with Crippen molar-refractivity contribution in [3.63, 3.8) is 0 Å². The van der Waals surface area contributed by atoms with Gasteiger partial charge in [-0.1, -0.05) is 0 Å². The fourth-order valence-corrected chi connectivity index (χ4v) is 1.70. The second-order valence-corrected chi connectivity index (χ2v) is 5.69. The van der Waals surface area contributed by atoms with Crippen LogP contribution in [0.2, 0.25) is 0 Å². The van der Waals surface area contributed by atoms with Crippen molar-refractivity contribution in [2.75, 3.05) is 26.1 Å².